The van der Waals surface area contributed by atoms with Crippen LogP contribution in [0.3, 0.4) is 0 Å². The molecule has 2 aromatic rings. The summed E-state index contributed by atoms with van der Waals surface area (Å²) in [6.45, 7) is 3.63. The lowest BCUT2D eigenvalue weighted by Crippen LogP contribution is -2.49. The lowest BCUT2D eigenvalue weighted by molar-refractivity contribution is -0.132. The van der Waals surface area contributed by atoms with E-state index in [1.807, 2.05) is 49.4 Å². The third-order valence-electron chi connectivity index (χ3n) is 4.03. The van der Waals surface area contributed by atoms with Crippen molar-refractivity contribution in [3.63, 3.8) is 0 Å². The number of aryl methyl sites for hydroxylation is 1. The number of anilines is 1. The number of nitrogens with one attached hydrogen (secondary N) is 3. The van der Waals surface area contributed by atoms with E-state index in [4.69, 9.17) is 12.2 Å². The number of urea groups is 1. The Morgan fingerprint density at radius 3 is 2.52 bits per heavy atom. The molecule has 1 atom stereocenters. The highest BCUT2D eigenvalue weighted by Gasteiger charge is 2.49. The molecule has 0 saturated carbocycles. The fourth-order valence-electron chi connectivity index (χ4n) is 2.69. The second-order valence-corrected chi connectivity index (χ2v) is 6.41. The van der Waals surface area contributed by atoms with Crippen molar-refractivity contribution >= 4 is 35.0 Å². The number of hydrogen-bond donors (Lipinski definition) is 3. The molecule has 3 rings (SSSR count). The third-order valence-corrected chi connectivity index (χ3v) is 4.22. The van der Waals surface area contributed by atoms with Crippen LogP contribution in [0.15, 0.2) is 54.6 Å². The number of rotatable bonds is 3. The molecule has 2 aromatic carbocycles. The van der Waals surface area contributed by atoms with E-state index >= 15 is 0 Å². The first-order valence-corrected chi connectivity index (χ1v) is 8.17. The van der Waals surface area contributed by atoms with Crippen molar-refractivity contribution < 1.29 is 9.59 Å². The number of hydrogen-bond acceptors (Lipinski definition) is 3. The van der Waals surface area contributed by atoms with Gasteiger partial charge in [-0.1, -0.05) is 42.5 Å². The number of nitrogens with zero attached hydrogens (tertiary/aromatic N) is 1. The number of carbonyl (C=O) groups is 2. The Morgan fingerprint density at radius 1 is 1.12 bits per heavy atom. The summed E-state index contributed by atoms with van der Waals surface area (Å²) in [7, 11) is 0. The van der Waals surface area contributed by atoms with Gasteiger partial charge in [-0.15, -0.1) is 0 Å². The number of hydrazine groups is 1. The van der Waals surface area contributed by atoms with Crippen LogP contribution in [0.4, 0.5) is 10.5 Å². The second-order valence-electron chi connectivity index (χ2n) is 6.00. The molecule has 1 heterocycles. The van der Waals surface area contributed by atoms with Crippen LogP contribution in [-0.4, -0.2) is 22.1 Å². The van der Waals surface area contributed by atoms with Crippen LogP contribution in [0.2, 0.25) is 0 Å². The predicted octanol–water partition coefficient (Wildman–Crippen LogP) is 2.66. The monoisotopic (exact) mass is 354 g/mol. The molecular weight excluding hydrogens is 336 g/mol. The van der Waals surface area contributed by atoms with Crippen molar-refractivity contribution in [2.24, 2.45) is 0 Å². The minimum absolute atomic E-state index is 0.159. The minimum atomic E-state index is -1.13. The van der Waals surface area contributed by atoms with E-state index in [1.54, 1.807) is 19.1 Å². The van der Waals surface area contributed by atoms with Gasteiger partial charge in [0.05, 0.1) is 0 Å². The van der Waals surface area contributed by atoms with E-state index in [1.165, 1.54) is 0 Å². The lowest BCUT2D eigenvalue weighted by Gasteiger charge is -2.22. The molecule has 0 aromatic heterocycles. The Labute approximate surface area is 151 Å². The Bertz CT molecular complexity index is 840. The molecule has 3 amide bonds. The van der Waals surface area contributed by atoms with Gasteiger partial charge in [-0.3, -0.25) is 10.2 Å². The van der Waals surface area contributed by atoms with Crippen molar-refractivity contribution in [3.05, 3.63) is 65.7 Å². The molecular formula is C18H18N4O2S. The summed E-state index contributed by atoms with van der Waals surface area (Å²) >= 11 is 5.22. The summed E-state index contributed by atoms with van der Waals surface area (Å²) in [5.41, 5.74) is 4.08. The number of thiocarbonyl (C=S) groups is 1. The van der Waals surface area contributed by atoms with E-state index in [2.05, 4.69) is 16.1 Å². The molecule has 0 aliphatic carbocycles. The highest BCUT2D eigenvalue weighted by Crippen LogP contribution is 2.27. The summed E-state index contributed by atoms with van der Waals surface area (Å²) in [6.07, 6.45) is 0. The zero-order valence-electron chi connectivity index (χ0n) is 13.9. The predicted molar refractivity (Wildman–Crippen MR) is 99.7 cm³/mol. The van der Waals surface area contributed by atoms with Crippen LogP contribution in [-0.2, 0) is 10.3 Å². The highest BCUT2D eigenvalue weighted by atomic mass is 32.1. The Balaban J connectivity index is 1.74. The molecule has 25 heavy (non-hydrogen) atoms. The molecule has 6 nitrogen and oxygen atoms in total. The molecule has 1 fully saturated rings. The first-order chi connectivity index (χ1) is 11.9. The summed E-state index contributed by atoms with van der Waals surface area (Å²) < 4.78 is 0. The Kier molecular flexibility index (Phi) is 4.41. The maximum Gasteiger partial charge on any atom is 0.344 e. The normalized spacial score (nSPS) is 19.5. The molecule has 3 N–H and O–H groups in total. The smallest absolute Gasteiger partial charge is 0.331 e. The van der Waals surface area contributed by atoms with Gasteiger partial charge in [0.1, 0.15) is 5.54 Å². The summed E-state index contributed by atoms with van der Waals surface area (Å²) in [4.78, 5) is 25.0. The fraction of sp³-hybridized carbons (Fsp3) is 0.167. The quantitative estimate of drug-likeness (QED) is 0.584. The van der Waals surface area contributed by atoms with Crippen LogP contribution in [0.1, 0.15) is 18.1 Å². The van der Waals surface area contributed by atoms with Gasteiger partial charge < -0.3 is 10.6 Å². The van der Waals surface area contributed by atoms with Crippen LogP contribution in [0.5, 0.6) is 0 Å². The van der Waals surface area contributed by atoms with Gasteiger partial charge in [-0.2, -0.15) is 5.01 Å². The highest BCUT2D eigenvalue weighted by molar-refractivity contribution is 7.80. The number of benzene rings is 2. The van der Waals surface area contributed by atoms with Gasteiger partial charge in [0.25, 0.3) is 5.91 Å². The fourth-order valence-corrected chi connectivity index (χ4v) is 2.90. The van der Waals surface area contributed by atoms with E-state index < -0.39 is 17.5 Å². The van der Waals surface area contributed by atoms with E-state index in [-0.39, 0.29) is 5.11 Å². The first-order valence-electron chi connectivity index (χ1n) is 7.77. The van der Waals surface area contributed by atoms with E-state index in [0.29, 0.717) is 5.56 Å². The number of imide groups is 1. The molecule has 1 aliphatic heterocycles. The molecule has 0 radical (unpaired) electrons. The maximum atomic E-state index is 12.8. The van der Waals surface area contributed by atoms with Gasteiger partial charge in [0.2, 0.25) is 0 Å². The molecule has 1 saturated heterocycles. The molecule has 0 unspecified atom stereocenters. The van der Waals surface area contributed by atoms with Crippen LogP contribution in [0.25, 0.3) is 0 Å². The average Bonchev–Trinajstić information content (AvgIpc) is 2.80. The lowest BCUT2D eigenvalue weighted by atomic mass is 9.92. The SMILES string of the molecule is Cc1cccc(NC(=S)NN2C(=O)N[C@@](C)(c3ccccc3)C2=O)c1. The van der Waals surface area contributed by atoms with E-state index in [0.717, 1.165) is 16.3 Å². The average molecular weight is 354 g/mol. The number of amides is 3. The first kappa shape index (κ1) is 16.9. The van der Waals surface area contributed by atoms with Gasteiger partial charge in [-0.25, -0.2) is 4.79 Å². The zero-order chi connectivity index (χ0) is 18.0. The maximum absolute atomic E-state index is 12.8. The van der Waals surface area contributed by atoms with Crippen molar-refractivity contribution in [3.8, 4) is 0 Å². The van der Waals surface area contributed by atoms with Crippen molar-refractivity contribution in [1.82, 2.24) is 15.8 Å². The van der Waals surface area contributed by atoms with Gasteiger partial charge in [0, 0.05) is 5.69 Å². The minimum Gasteiger partial charge on any atom is -0.331 e. The topological polar surface area (TPSA) is 73.5 Å². The van der Waals surface area contributed by atoms with Crippen LogP contribution >= 0.6 is 12.2 Å². The van der Waals surface area contributed by atoms with Crippen LogP contribution in [0, 0.1) is 6.92 Å². The number of carbonyl (C=O) groups excluding carboxylic acids is 2. The van der Waals surface area contributed by atoms with Crippen molar-refractivity contribution in [2.45, 2.75) is 19.4 Å². The van der Waals surface area contributed by atoms with Crippen molar-refractivity contribution in [2.75, 3.05) is 5.32 Å². The third kappa shape index (κ3) is 3.32. The zero-order valence-corrected chi connectivity index (χ0v) is 14.7. The van der Waals surface area contributed by atoms with Crippen LogP contribution < -0.4 is 16.1 Å². The Morgan fingerprint density at radius 2 is 1.84 bits per heavy atom. The van der Waals surface area contributed by atoms with Crippen molar-refractivity contribution in [1.29, 1.82) is 0 Å². The molecule has 1 aliphatic rings. The Hall–Kier alpha value is -2.93. The van der Waals surface area contributed by atoms with Gasteiger partial charge >= 0.3 is 6.03 Å². The molecule has 0 spiro atoms. The second kappa shape index (κ2) is 6.52. The largest absolute Gasteiger partial charge is 0.344 e. The standard InChI is InChI=1S/C18H18N4O2S/c1-12-7-6-10-14(11-12)19-16(25)21-22-15(23)18(2,20-17(22)24)13-8-4-3-5-9-13/h3-11H,1-2H3,(H,20,24)(H2,19,21,25)/t18-/m0/s1. The van der Waals surface area contributed by atoms with E-state index in [9.17, 15) is 9.59 Å². The van der Waals surface area contributed by atoms with Gasteiger partial charge in [0.15, 0.2) is 5.11 Å². The molecule has 128 valence electrons. The summed E-state index contributed by atoms with van der Waals surface area (Å²) in [5, 5.41) is 6.74. The molecule has 0 bridgehead atoms. The van der Waals surface area contributed by atoms with Gasteiger partial charge in [-0.05, 0) is 49.3 Å². The summed E-state index contributed by atoms with van der Waals surface area (Å²) in [5.74, 6) is -0.419. The summed E-state index contributed by atoms with van der Waals surface area (Å²) in [6, 6.07) is 16.1. The molecule has 7 heteroatoms.